The number of benzene rings is 1. The molecule has 18 heavy (non-hydrogen) atoms. The van der Waals surface area contributed by atoms with Crippen molar-refractivity contribution in [3.63, 3.8) is 0 Å². The Bertz CT molecular complexity index is 647. The molecule has 0 bridgehead atoms. The number of nitrogens with zero attached hydrogens (tertiary/aromatic N) is 2. The third-order valence-corrected chi connectivity index (χ3v) is 3.76. The molecule has 0 atom stereocenters. The fourth-order valence-corrected chi connectivity index (χ4v) is 2.73. The average Bonchev–Trinajstić information content (AvgIpc) is 2.60. The number of hydrogen-bond donors (Lipinski definition) is 0. The zero-order valence-electron chi connectivity index (χ0n) is 10.9. The van der Waals surface area contributed by atoms with Gasteiger partial charge in [-0.25, -0.2) is 0 Å². The molecule has 0 aliphatic carbocycles. The minimum atomic E-state index is -0.109. The molecular formula is C13H16N2OS2. The second kappa shape index (κ2) is 4.82. The Morgan fingerprint density at radius 2 is 2.11 bits per heavy atom. The van der Waals surface area contributed by atoms with Crippen molar-refractivity contribution in [3.05, 3.63) is 22.2 Å². The summed E-state index contributed by atoms with van der Waals surface area (Å²) in [5.41, 5.74) is 0.930. The summed E-state index contributed by atoms with van der Waals surface area (Å²) < 4.78 is 9.12. The van der Waals surface area contributed by atoms with Crippen molar-refractivity contribution in [1.82, 2.24) is 4.57 Å². The summed E-state index contributed by atoms with van der Waals surface area (Å²) in [6, 6.07) is 5.95. The molecule has 2 aromatic rings. The Labute approximate surface area is 116 Å². The predicted molar refractivity (Wildman–Crippen MR) is 80.8 cm³/mol. The number of methoxy groups -OCH3 is 1. The number of rotatable bonds is 2. The molecular weight excluding hydrogens is 264 g/mol. The van der Waals surface area contributed by atoms with E-state index in [1.54, 1.807) is 24.8 Å². The van der Waals surface area contributed by atoms with E-state index in [4.69, 9.17) is 17.0 Å². The van der Waals surface area contributed by atoms with Crippen LogP contribution in [-0.4, -0.2) is 23.6 Å². The molecule has 0 fully saturated rings. The third kappa shape index (κ3) is 2.79. The molecule has 0 spiro atoms. The SMILES string of the molecule is COc1ccc2sc(=S)n(C=NC(C)(C)C)c2c1. The van der Waals surface area contributed by atoms with Crippen molar-refractivity contribution in [2.24, 2.45) is 4.99 Å². The van der Waals surface area contributed by atoms with E-state index >= 15 is 0 Å². The van der Waals surface area contributed by atoms with E-state index in [2.05, 4.69) is 25.8 Å². The van der Waals surface area contributed by atoms with Gasteiger partial charge in [-0.1, -0.05) is 0 Å². The molecule has 0 aliphatic rings. The van der Waals surface area contributed by atoms with Gasteiger partial charge < -0.3 is 4.74 Å². The topological polar surface area (TPSA) is 26.5 Å². The summed E-state index contributed by atoms with van der Waals surface area (Å²) >= 11 is 6.95. The molecule has 2 rings (SSSR count). The van der Waals surface area contributed by atoms with E-state index in [1.165, 1.54) is 0 Å². The molecule has 0 unspecified atom stereocenters. The zero-order valence-corrected chi connectivity index (χ0v) is 12.6. The molecule has 0 saturated heterocycles. The van der Waals surface area contributed by atoms with E-state index in [-0.39, 0.29) is 5.54 Å². The van der Waals surface area contributed by atoms with E-state index < -0.39 is 0 Å². The fourth-order valence-electron chi connectivity index (χ4n) is 1.48. The Kier molecular flexibility index (Phi) is 3.54. The number of ether oxygens (including phenoxy) is 1. The summed E-state index contributed by atoms with van der Waals surface area (Å²) in [7, 11) is 1.66. The largest absolute Gasteiger partial charge is 0.497 e. The van der Waals surface area contributed by atoms with E-state index in [0.29, 0.717) is 0 Å². The van der Waals surface area contributed by atoms with Crippen LogP contribution in [0, 0.1) is 3.95 Å². The van der Waals surface area contributed by atoms with Crippen molar-refractivity contribution in [2.45, 2.75) is 26.3 Å². The Balaban J connectivity index is 2.59. The maximum absolute atomic E-state index is 5.37. The molecule has 3 nitrogen and oxygen atoms in total. The summed E-state index contributed by atoms with van der Waals surface area (Å²) in [5, 5.41) is 0. The second-order valence-corrected chi connectivity index (χ2v) is 6.66. The Morgan fingerprint density at radius 3 is 2.72 bits per heavy atom. The van der Waals surface area contributed by atoms with Crippen molar-refractivity contribution in [3.8, 4) is 5.75 Å². The molecule has 0 radical (unpaired) electrons. The van der Waals surface area contributed by atoms with Gasteiger partial charge in [0.2, 0.25) is 0 Å². The van der Waals surface area contributed by atoms with Gasteiger partial charge in [-0.15, -0.1) is 11.3 Å². The minimum absolute atomic E-state index is 0.109. The highest BCUT2D eigenvalue weighted by atomic mass is 32.1. The first-order chi connectivity index (χ1) is 8.40. The van der Waals surface area contributed by atoms with Gasteiger partial charge in [-0.3, -0.25) is 9.56 Å². The number of fused-ring (bicyclic) bond motifs is 1. The average molecular weight is 280 g/mol. The standard InChI is InChI=1S/C13H16N2OS2/c1-13(2,3)14-8-15-10-7-9(16-4)5-6-11(10)18-12(15)17/h5-8H,1-4H3. The van der Waals surface area contributed by atoms with Crippen molar-refractivity contribution in [2.75, 3.05) is 7.11 Å². The van der Waals surface area contributed by atoms with Crippen molar-refractivity contribution >= 4 is 40.1 Å². The van der Waals surface area contributed by atoms with Crippen molar-refractivity contribution in [1.29, 1.82) is 0 Å². The molecule has 5 heteroatoms. The van der Waals surface area contributed by atoms with Gasteiger partial charge in [0.25, 0.3) is 0 Å². The molecule has 1 heterocycles. The van der Waals surface area contributed by atoms with Crippen LogP contribution in [0.1, 0.15) is 20.8 Å². The summed E-state index contributed by atoms with van der Waals surface area (Å²) in [6.45, 7) is 6.17. The number of aliphatic imine (C=N–C) groups is 1. The maximum Gasteiger partial charge on any atom is 0.167 e. The lowest BCUT2D eigenvalue weighted by Gasteiger charge is -2.11. The third-order valence-electron chi connectivity index (χ3n) is 2.38. The summed E-state index contributed by atoms with van der Waals surface area (Å²) in [5.74, 6) is 0.827. The van der Waals surface area contributed by atoms with Gasteiger partial charge in [-0.05, 0) is 45.1 Å². The minimum Gasteiger partial charge on any atom is -0.497 e. The number of aromatic nitrogens is 1. The van der Waals surface area contributed by atoms with Gasteiger partial charge in [0, 0.05) is 6.07 Å². The van der Waals surface area contributed by atoms with Gasteiger partial charge >= 0.3 is 0 Å². The quantitative estimate of drug-likeness (QED) is 0.470. The zero-order chi connectivity index (χ0) is 13.3. The van der Waals surface area contributed by atoms with Crippen molar-refractivity contribution < 1.29 is 4.74 Å². The van der Waals surface area contributed by atoms with Crippen LogP contribution in [0.2, 0.25) is 0 Å². The van der Waals surface area contributed by atoms with Gasteiger partial charge in [0.1, 0.15) is 5.75 Å². The van der Waals surface area contributed by atoms with Crippen LogP contribution in [0.4, 0.5) is 0 Å². The molecule has 96 valence electrons. The highest BCUT2D eigenvalue weighted by Crippen LogP contribution is 2.26. The van der Waals surface area contributed by atoms with Crippen LogP contribution in [0.25, 0.3) is 10.2 Å². The van der Waals surface area contributed by atoms with Crippen LogP contribution in [0.15, 0.2) is 23.2 Å². The monoisotopic (exact) mass is 280 g/mol. The predicted octanol–water partition coefficient (Wildman–Crippen LogP) is 4.12. The molecule has 0 amide bonds. The number of thiazole rings is 1. The lowest BCUT2D eigenvalue weighted by Crippen LogP contribution is -2.11. The normalized spacial score (nSPS) is 12.4. The first kappa shape index (κ1) is 13.2. The number of hydrogen-bond acceptors (Lipinski definition) is 4. The molecule has 0 aliphatic heterocycles. The summed E-state index contributed by atoms with van der Waals surface area (Å²) in [4.78, 5) is 4.50. The summed E-state index contributed by atoms with van der Waals surface area (Å²) in [6.07, 6.45) is 1.81. The van der Waals surface area contributed by atoms with Gasteiger partial charge in [0.05, 0.1) is 29.2 Å². The highest BCUT2D eigenvalue weighted by molar-refractivity contribution is 7.73. The lowest BCUT2D eigenvalue weighted by molar-refractivity contribution is 0.415. The van der Waals surface area contributed by atoms with E-state index in [1.807, 2.05) is 22.8 Å². The molecule has 1 aromatic carbocycles. The molecule has 1 aromatic heterocycles. The fraction of sp³-hybridized carbons (Fsp3) is 0.385. The van der Waals surface area contributed by atoms with Crippen LogP contribution in [0.3, 0.4) is 0 Å². The van der Waals surface area contributed by atoms with Crippen LogP contribution < -0.4 is 4.74 Å². The van der Waals surface area contributed by atoms with Crippen LogP contribution >= 0.6 is 23.6 Å². The van der Waals surface area contributed by atoms with E-state index in [0.717, 1.165) is 19.9 Å². The maximum atomic E-state index is 5.37. The smallest absolute Gasteiger partial charge is 0.167 e. The molecule has 0 saturated carbocycles. The Morgan fingerprint density at radius 1 is 1.39 bits per heavy atom. The first-order valence-electron chi connectivity index (χ1n) is 5.65. The Hall–Kier alpha value is -1.20. The van der Waals surface area contributed by atoms with Crippen LogP contribution in [0.5, 0.6) is 5.75 Å². The molecule has 0 N–H and O–H groups in total. The second-order valence-electron chi connectivity index (χ2n) is 4.99. The van der Waals surface area contributed by atoms with Gasteiger partial charge in [-0.2, -0.15) is 0 Å². The van der Waals surface area contributed by atoms with Crippen LogP contribution in [-0.2, 0) is 0 Å². The highest BCUT2D eigenvalue weighted by Gasteiger charge is 2.08. The lowest BCUT2D eigenvalue weighted by atomic mass is 10.1. The van der Waals surface area contributed by atoms with Gasteiger partial charge in [0.15, 0.2) is 3.95 Å². The van der Waals surface area contributed by atoms with E-state index in [9.17, 15) is 0 Å². The first-order valence-corrected chi connectivity index (χ1v) is 6.87.